The van der Waals surface area contributed by atoms with Gasteiger partial charge in [0, 0.05) is 13.1 Å². The molecular formula is C12H16N4O2. The largest absolute Gasteiger partial charge is 0.481 e. The smallest absolute Gasteiger partial charge is 0.305 e. The summed E-state index contributed by atoms with van der Waals surface area (Å²) in [6, 6.07) is 2.12. The van der Waals surface area contributed by atoms with E-state index in [4.69, 9.17) is 5.11 Å². The number of aromatic nitrogens is 2. The maximum Gasteiger partial charge on any atom is 0.305 e. The zero-order chi connectivity index (χ0) is 13.7. The van der Waals surface area contributed by atoms with Crippen LogP contribution in [-0.4, -0.2) is 34.4 Å². The Labute approximate surface area is 106 Å². The van der Waals surface area contributed by atoms with Crippen LogP contribution in [0.2, 0.25) is 0 Å². The Morgan fingerprint density at radius 3 is 2.61 bits per heavy atom. The molecular weight excluding hydrogens is 232 g/mol. The van der Waals surface area contributed by atoms with Crippen molar-refractivity contribution in [1.82, 2.24) is 10.2 Å². The molecule has 6 nitrogen and oxygen atoms in total. The zero-order valence-electron chi connectivity index (χ0n) is 10.8. The molecule has 0 saturated heterocycles. The number of carboxylic acid groups (broad SMARTS) is 1. The maximum atomic E-state index is 10.6. The molecule has 1 heterocycles. The molecule has 1 N–H and O–H groups in total. The van der Waals surface area contributed by atoms with Gasteiger partial charge in [-0.2, -0.15) is 10.4 Å². The van der Waals surface area contributed by atoms with Gasteiger partial charge in [0.15, 0.2) is 5.82 Å². The summed E-state index contributed by atoms with van der Waals surface area (Å²) in [4.78, 5) is 12.4. The highest BCUT2D eigenvalue weighted by atomic mass is 16.4. The Morgan fingerprint density at radius 2 is 2.11 bits per heavy atom. The molecule has 0 aromatic carbocycles. The van der Waals surface area contributed by atoms with Crippen LogP contribution in [-0.2, 0) is 4.79 Å². The van der Waals surface area contributed by atoms with Gasteiger partial charge < -0.3 is 10.0 Å². The molecule has 0 unspecified atom stereocenters. The molecule has 0 radical (unpaired) electrons. The first-order chi connectivity index (χ1) is 8.51. The molecule has 0 aliphatic rings. The number of aryl methyl sites for hydroxylation is 1. The first-order valence-corrected chi connectivity index (χ1v) is 5.72. The van der Waals surface area contributed by atoms with E-state index in [1.807, 2.05) is 13.8 Å². The molecule has 0 bridgehead atoms. The highest BCUT2D eigenvalue weighted by Gasteiger charge is 2.16. The molecule has 6 heteroatoms. The lowest BCUT2D eigenvalue weighted by atomic mass is 10.1. The van der Waals surface area contributed by atoms with Gasteiger partial charge in [-0.05, 0) is 26.3 Å². The van der Waals surface area contributed by atoms with E-state index < -0.39 is 5.97 Å². The van der Waals surface area contributed by atoms with E-state index >= 15 is 0 Å². The van der Waals surface area contributed by atoms with Crippen LogP contribution in [0, 0.1) is 25.2 Å². The van der Waals surface area contributed by atoms with Crippen molar-refractivity contribution >= 4 is 11.8 Å². The minimum Gasteiger partial charge on any atom is -0.481 e. The fraction of sp³-hybridized carbons (Fsp3) is 0.500. The second-order valence-electron chi connectivity index (χ2n) is 3.94. The predicted octanol–water partition coefficient (Wildman–Crippen LogP) is 1.27. The Balaban J connectivity index is 3.10. The molecule has 18 heavy (non-hydrogen) atoms. The zero-order valence-corrected chi connectivity index (χ0v) is 10.8. The van der Waals surface area contributed by atoms with Crippen molar-refractivity contribution in [2.24, 2.45) is 0 Å². The Bertz CT molecular complexity index is 494. The van der Waals surface area contributed by atoms with Gasteiger partial charge in [-0.15, -0.1) is 5.10 Å². The Morgan fingerprint density at radius 1 is 1.44 bits per heavy atom. The minimum absolute atomic E-state index is 0.00725. The highest BCUT2D eigenvalue weighted by Crippen LogP contribution is 2.21. The Hall–Kier alpha value is -2.16. The first kappa shape index (κ1) is 13.9. The fourth-order valence-corrected chi connectivity index (χ4v) is 1.60. The lowest BCUT2D eigenvalue weighted by molar-refractivity contribution is -0.136. The standard InChI is InChI=1S/C12H16N4O2/c1-4-16(6-5-11(17)18)12-10(7-13)8(2)9(3)14-15-12/h4-6H2,1-3H3,(H,17,18). The monoisotopic (exact) mass is 248 g/mol. The van der Waals surface area contributed by atoms with E-state index in [2.05, 4.69) is 16.3 Å². The SMILES string of the molecule is CCN(CCC(=O)O)c1nnc(C)c(C)c1C#N. The predicted molar refractivity (Wildman–Crippen MR) is 66.4 cm³/mol. The third-order valence-electron chi connectivity index (χ3n) is 2.82. The van der Waals surface area contributed by atoms with Gasteiger partial charge in [0.1, 0.15) is 11.6 Å². The van der Waals surface area contributed by atoms with E-state index in [1.54, 1.807) is 11.8 Å². The highest BCUT2D eigenvalue weighted by molar-refractivity contribution is 5.68. The summed E-state index contributed by atoms with van der Waals surface area (Å²) >= 11 is 0. The average Bonchev–Trinajstić information content (AvgIpc) is 2.34. The van der Waals surface area contributed by atoms with Crippen molar-refractivity contribution in [3.05, 3.63) is 16.8 Å². The van der Waals surface area contributed by atoms with E-state index in [0.29, 0.717) is 30.2 Å². The van der Waals surface area contributed by atoms with Crippen molar-refractivity contribution in [3.8, 4) is 6.07 Å². The van der Waals surface area contributed by atoms with Gasteiger partial charge in [-0.3, -0.25) is 4.79 Å². The fourth-order valence-electron chi connectivity index (χ4n) is 1.60. The van der Waals surface area contributed by atoms with Gasteiger partial charge in [0.25, 0.3) is 0 Å². The summed E-state index contributed by atoms with van der Waals surface area (Å²) in [6.07, 6.45) is 0.00725. The maximum absolute atomic E-state index is 10.6. The van der Waals surface area contributed by atoms with Crippen LogP contribution in [0.25, 0.3) is 0 Å². The van der Waals surface area contributed by atoms with E-state index in [9.17, 15) is 10.1 Å². The number of nitriles is 1. The molecule has 0 atom stereocenters. The van der Waals surface area contributed by atoms with Crippen molar-refractivity contribution in [1.29, 1.82) is 5.26 Å². The van der Waals surface area contributed by atoms with Crippen LogP contribution in [0.3, 0.4) is 0 Å². The number of aliphatic carboxylic acids is 1. The average molecular weight is 248 g/mol. The van der Waals surface area contributed by atoms with Crippen molar-refractivity contribution in [3.63, 3.8) is 0 Å². The second-order valence-corrected chi connectivity index (χ2v) is 3.94. The summed E-state index contributed by atoms with van der Waals surface area (Å²) in [7, 11) is 0. The topological polar surface area (TPSA) is 90.1 Å². The van der Waals surface area contributed by atoms with Crippen LogP contribution >= 0.6 is 0 Å². The van der Waals surface area contributed by atoms with Gasteiger partial charge in [-0.25, -0.2) is 0 Å². The minimum atomic E-state index is -0.872. The number of carboxylic acids is 1. The number of hydrogen-bond acceptors (Lipinski definition) is 5. The van der Waals surface area contributed by atoms with Crippen molar-refractivity contribution in [2.45, 2.75) is 27.2 Å². The van der Waals surface area contributed by atoms with Crippen LogP contribution < -0.4 is 4.90 Å². The molecule has 0 aliphatic heterocycles. The summed E-state index contributed by atoms with van der Waals surface area (Å²) in [5.74, 6) is -0.409. The van der Waals surface area contributed by atoms with E-state index in [-0.39, 0.29) is 6.42 Å². The summed E-state index contributed by atoms with van der Waals surface area (Å²) in [5.41, 5.74) is 1.97. The normalized spacial score (nSPS) is 9.89. The van der Waals surface area contributed by atoms with Gasteiger partial charge in [0.2, 0.25) is 0 Å². The van der Waals surface area contributed by atoms with Crippen molar-refractivity contribution < 1.29 is 9.90 Å². The lowest BCUT2D eigenvalue weighted by Crippen LogP contribution is -2.28. The quantitative estimate of drug-likeness (QED) is 0.843. The molecule has 1 aromatic rings. The number of nitrogens with zero attached hydrogens (tertiary/aromatic N) is 4. The van der Waals surface area contributed by atoms with Crippen LogP contribution in [0.5, 0.6) is 0 Å². The Kier molecular flexibility index (Phi) is 4.60. The molecule has 0 saturated carbocycles. The van der Waals surface area contributed by atoms with Gasteiger partial charge >= 0.3 is 5.97 Å². The van der Waals surface area contributed by atoms with E-state index in [0.717, 1.165) is 5.56 Å². The van der Waals surface area contributed by atoms with Gasteiger partial charge in [-0.1, -0.05) is 0 Å². The number of carbonyl (C=O) groups is 1. The molecule has 96 valence electrons. The molecule has 1 aromatic heterocycles. The second kappa shape index (κ2) is 5.96. The van der Waals surface area contributed by atoms with Crippen LogP contribution in [0.4, 0.5) is 5.82 Å². The molecule has 0 amide bonds. The van der Waals surface area contributed by atoms with Crippen LogP contribution in [0.15, 0.2) is 0 Å². The van der Waals surface area contributed by atoms with Crippen molar-refractivity contribution in [2.75, 3.05) is 18.0 Å². The van der Waals surface area contributed by atoms with E-state index in [1.165, 1.54) is 0 Å². The molecule has 0 spiro atoms. The third-order valence-corrected chi connectivity index (χ3v) is 2.82. The number of anilines is 1. The summed E-state index contributed by atoms with van der Waals surface area (Å²) in [6.45, 7) is 6.40. The summed E-state index contributed by atoms with van der Waals surface area (Å²) in [5, 5.41) is 25.9. The third kappa shape index (κ3) is 2.94. The molecule has 0 aliphatic carbocycles. The molecule has 1 rings (SSSR count). The lowest BCUT2D eigenvalue weighted by Gasteiger charge is -2.22. The summed E-state index contributed by atoms with van der Waals surface area (Å²) < 4.78 is 0. The van der Waals surface area contributed by atoms with Gasteiger partial charge in [0.05, 0.1) is 12.1 Å². The first-order valence-electron chi connectivity index (χ1n) is 5.72. The van der Waals surface area contributed by atoms with Crippen LogP contribution in [0.1, 0.15) is 30.2 Å². The number of hydrogen-bond donors (Lipinski definition) is 1. The number of rotatable bonds is 5. The molecule has 0 fully saturated rings.